The second-order valence-corrected chi connectivity index (χ2v) is 11.4. The summed E-state index contributed by atoms with van der Waals surface area (Å²) in [6.45, 7) is 7.36. The van der Waals surface area contributed by atoms with Gasteiger partial charge in [0.25, 0.3) is 5.56 Å². The van der Waals surface area contributed by atoms with E-state index in [-0.39, 0.29) is 45.5 Å². The highest BCUT2D eigenvalue weighted by Crippen LogP contribution is 2.35. The molecule has 1 aliphatic rings. The first-order valence-electron chi connectivity index (χ1n) is 13.4. The van der Waals surface area contributed by atoms with Gasteiger partial charge in [-0.3, -0.25) is 9.36 Å². The topological polar surface area (TPSA) is 112 Å². The zero-order valence-electron chi connectivity index (χ0n) is 23.7. The van der Waals surface area contributed by atoms with Gasteiger partial charge < -0.3 is 19.2 Å². The van der Waals surface area contributed by atoms with E-state index in [0.717, 1.165) is 22.5 Å². The van der Waals surface area contributed by atoms with Crippen molar-refractivity contribution >= 4 is 64.1 Å². The third kappa shape index (κ3) is 6.04. The Morgan fingerprint density at radius 1 is 1.02 bits per heavy atom. The first-order valence-corrected chi connectivity index (χ1v) is 15.0. The second kappa shape index (κ2) is 12.6. The lowest BCUT2D eigenvalue weighted by Gasteiger charge is -2.24. The zero-order chi connectivity index (χ0) is 30.8. The number of nitrogens with zero attached hydrogens (tertiary/aromatic N) is 2. The predicted molar refractivity (Wildman–Crippen MR) is 166 cm³/mol. The average molecular weight is 641 g/mol. The molecule has 9 nitrogen and oxygen atoms in total. The number of aromatic nitrogens is 1. The molecular weight excluding hydrogens is 613 g/mol. The summed E-state index contributed by atoms with van der Waals surface area (Å²) in [5.41, 5.74) is 2.64. The van der Waals surface area contributed by atoms with Gasteiger partial charge in [-0.05, 0) is 57.5 Å². The first-order chi connectivity index (χ1) is 20.6. The fourth-order valence-electron chi connectivity index (χ4n) is 4.63. The summed E-state index contributed by atoms with van der Waals surface area (Å²) in [5, 5.41) is 3.54. The highest BCUT2D eigenvalue weighted by atomic mass is 35.5. The van der Waals surface area contributed by atoms with Crippen molar-refractivity contribution < 1.29 is 23.5 Å². The van der Waals surface area contributed by atoms with Gasteiger partial charge in [-0.1, -0.05) is 64.4 Å². The summed E-state index contributed by atoms with van der Waals surface area (Å²) in [6.07, 6.45) is 1.46. The van der Waals surface area contributed by atoms with E-state index in [4.69, 9.17) is 37.1 Å². The number of nitrogens with one attached hydrogen (secondary N) is 1. The van der Waals surface area contributed by atoms with Gasteiger partial charge in [-0.15, -0.1) is 0 Å². The molecule has 0 fully saturated rings. The molecule has 1 aliphatic heterocycles. The predicted octanol–water partition coefficient (Wildman–Crippen LogP) is 5.93. The molecule has 0 saturated carbocycles. The summed E-state index contributed by atoms with van der Waals surface area (Å²) < 4.78 is 18.2. The van der Waals surface area contributed by atoms with Crippen molar-refractivity contribution in [2.75, 3.05) is 18.5 Å². The highest BCUT2D eigenvalue weighted by molar-refractivity contribution is 7.07. The van der Waals surface area contributed by atoms with Gasteiger partial charge in [0.05, 0.1) is 35.1 Å². The van der Waals surface area contributed by atoms with E-state index in [1.807, 2.05) is 31.2 Å². The van der Waals surface area contributed by atoms with Gasteiger partial charge in [-0.2, -0.15) is 0 Å². The molecule has 1 atom stereocenters. The lowest BCUT2D eigenvalue weighted by molar-refractivity contribution is -0.139. The highest BCUT2D eigenvalue weighted by Gasteiger charge is 2.33. The van der Waals surface area contributed by atoms with E-state index >= 15 is 0 Å². The summed E-state index contributed by atoms with van der Waals surface area (Å²) in [6, 6.07) is 13.6. The Morgan fingerprint density at radius 2 is 1.67 bits per heavy atom. The lowest BCUT2D eigenvalue weighted by Crippen LogP contribution is -2.39. The molecule has 1 N–H and O–H groups in total. The Hall–Kier alpha value is -4.12. The van der Waals surface area contributed by atoms with Crippen LogP contribution in [0.25, 0.3) is 6.08 Å². The Kier molecular flexibility index (Phi) is 8.91. The van der Waals surface area contributed by atoms with Crippen molar-refractivity contribution in [3.8, 4) is 0 Å². The number of fused-ring (bicyclic) bond motifs is 1. The number of hydrogen-bond donors (Lipinski definition) is 1. The van der Waals surface area contributed by atoms with Gasteiger partial charge in [0.1, 0.15) is 10.6 Å². The number of carbonyl (C=O) groups excluding carboxylic acids is 2. The van der Waals surface area contributed by atoms with Crippen LogP contribution in [0, 0.1) is 6.92 Å². The van der Waals surface area contributed by atoms with Crippen molar-refractivity contribution in [1.82, 2.24) is 4.57 Å². The molecule has 0 aliphatic carbocycles. The van der Waals surface area contributed by atoms with E-state index < -0.39 is 23.5 Å². The molecule has 0 unspecified atom stereocenters. The van der Waals surface area contributed by atoms with Crippen LogP contribution < -0.4 is 20.2 Å². The van der Waals surface area contributed by atoms with Crippen LogP contribution in [0.3, 0.4) is 0 Å². The number of thiazole rings is 1. The molecule has 5 rings (SSSR count). The number of hydrogen-bond acceptors (Lipinski definition) is 9. The first kappa shape index (κ1) is 30.3. The second-order valence-electron chi connectivity index (χ2n) is 9.55. The quantitative estimate of drug-likeness (QED) is 0.238. The number of halogens is 2. The molecule has 12 heteroatoms. The van der Waals surface area contributed by atoms with Gasteiger partial charge in [0.15, 0.2) is 10.6 Å². The third-order valence-electron chi connectivity index (χ3n) is 6.63. The minimum absolute atomic E-state index is 0.0181. The number of furan rings is 1. The Balaban J connectivity index is 1.67. The number of benzene rings is 2. The molecule has 4 aromatic rings. The van der Waals surface area contributed by atoms with Crippen LogP contribution in [0.1, 0.15) is 54.1 Å². The van der Waals surface area contributed by atoms with Crippen molar-refractivity contribution in [2.24, 2.45) is 4.99 Å². The Labute approximate surface area is 260 Å². The number of esters is 2. The van der Waals surface area contributed by atoms with Gasteiger partial charge in [-0.25, -0.2) is 14.6 Å². The largest absolute Gasteiger partial charge is 0.463 e. The smallest absolute Gasteiger partial charge is 0.345 e. The van der Waals surface area contributed by atoms with Crippen molar-refractivity contribution in [1.29, 1.82) is 0 Å². The molecule has 0 saturated heterocycles. The van der Waals surface area contributed by atoms with Gasteiger partial charge in [0, 0.05) is 16.8 Å². The van der Waals surface area contributed by atoms with Gasteiger partial charge >= 0.3 is 11.9 Å². The van der Waals surface area contributed by atoms with E-state index in [9.17, 15) is 14.4 Å². The molecule has 222 valence electrons. The summed E-state index contributed by atoms with van der Waals surface area (Å²) >= 11 is 13.8. The zero-order valence-corrected chi connectivity index (χ0v) is 26.0. The number of aryl methyl sites for hydroxylation is 1. The number of ether oxygens (including phenoxy) is 2. The third-order valence-corrected chi connectivity index (χ3v) is 8.24. The summed E-state index contributed by atoms with van der Waals surface area (Å²) in [4.78, 5) is 44.9. The summed E-state index contributed by atoms with van der Waals surface area (Å²) in [7, 11) is 0. The molecule has 0 amide bonds. The van der Waals surface area contributed by atoms with Gasteiger partial charge in [0.2, 0.25) is 5.88 Å². The maximum atomic E-state index is 14.0. The molecule has 0 radical (unpaired) electrons. The average Bonchev–Trinajstić information content (AvgIpc) is 3.44. The molecular formula is C31H27Cl2N3O6S. The van der Waals surface area contributed by atoms with Crippen LogP contribution in [0.4, 0.5) is 11.6 Å². The molecule has 3 heterocycles. The van der Waals surface area contributed by atoms with E-state index in [1.54, 1.807) is 45.0 Å². The standard InChI is InChI=1S/C31H27Cl2N3O6S/c1-5-40-29(38)23-17(4)34-31-36(26(23)18-9-7-16(3)8-10-18)28(37)22(43-31)15-21-25(33)24(30(39)41-6-2)27(42-21)35-20-13-11-19(32)12-14-20/h7-15,26,35H,5-6H2,1-4H3/b22-15-/t26-/m0/s1. The number of carbonyl (C=O) groups is 2. The van der Waals surface area contributed by atoms with Crippen LogP contribution in [-0.2, 0) is 14.3 Å². The van der Waals surface area contributed by atoms with E-state index in [2.05, 4.69) is 10.3 Å². The van der Waals surface area contributed by atoms with E-state index in [1.165, 1.54) is 10.6 Å². The van der Waals surface area contributed by atoms with Crippen LogP contribution in [0.2, 0.25) is 10.0 Å². The Morgan fingerprint density at radius 3 is 2.33 bits per heavy atom. The maximum absolute atomic E-state index is 14.0. The number of allylic oxidation sites excluding steroid dienone is 1. The van der Waals surface area contributed by atoms with Crippen molar-refractivity contribution in [3.05, 3.63) is 112 Å². The van der Waals surface area contributed by atoms with E-state index in [0.29, 0.717) is 21.2 Å². The van der Waals surface area contributed by atoms with Crippen molar-refractivity contribution in [2.45, 2.75) is 33.7 Å². The molecule has 0 spiro atoms. The van der Waals surface area contributed by atoms with Crippen LogP contribution in [-0.4, -0.2) is 29.7 Å². The normalized spacial score (nSPS) is 14.7. The number of anilines is 2. The number of rotatable bonds is 8. The van der Waals surface area contributed by atoms with Crippen LogP contribution >= 0.6 is 34.5 Å². The maximum Gasteiger partial charge on any atom is 0.345 e. The van der Waals surface area contributed by atoms with Crippen molar-refractivity contribution in [3.63, 3.8) is 0 Å². The molecule has 43 heavy (non-hydrogen) atoms. The van der Waals surface area contributed by atoms with Crippen LogP contribution in [0.5, 0.6) is 0 Å². The minimum atomic E-state index is -0.762. The summed E-state index contributed by atoms with van der Waals surface area (Å²) in [5.74, 6) is -1.12. The molecule has 2 aromatic heterocycles. The monoisotopic (exact) mass is 639 g/mol. The van der Waals surface area contributed by atoms with Crippen LogP contribution in [0.15, 0.2) is 74.0 Å². The SMILES string of the molecule is CCOC(=O)C1=C(C)N=c2s/c(=C\c3oc(Nc4ccc(Cl)cc4)c(C(=O)OCC)c3Cl)c(=O)n2[C@H]1c1ccc(C)cc1. The molecule has 0 bridgehead atoms. The molecule has 2 aromatic carbocycles. The minimum Gasteiger partial charge on any atom is -0.463 e. The Bertz CT molecular complexity index is 1920. The fourth-order valence-corrected chi connectivity index (χ4v) is 6.03. The lowest BCUT2D eigenvalue weighted by atomic mass is 9.95. The fraction of sp³-hybridized carbons (Fsp3) is 0.226.